The summed E-state index contributed by atoms with van der Waals surface area (Å²) in [6, 6.07) is 14.3. The first-order valence-electron chi connectivity index (χ1n) is 11.1. The Kier molecular flexibility index (Phi) is 6.72. The Labute approximate surface area is 200 Å². The van der Waals surface area contributed by atoms with E-state index >= 15 is 0 Å². The van der Waals surface area contributed by atoms with Crippen LogP contribution in [0.5, 0.6) is 5.75 Å². The third kappa shape index (κ3) is 5.42. The second kappa shape index (κ2) is 9.73. The van der Waals surface area contributed by atoms with Crippen LogP contribution in [0.2, 0.25) is 0 Å². The fraction of sp³-hybridized carbons (Fsp3) is 0.320. The zero-order chi connectivity index (χ0) is 25.2. The molecule has 1 aliphatic heterocycles. The van der Waals surface area contributed by atoms with E-state index in [1.165, 1.54) is 12.1 Å². The summed E-state index contributed by atoms with van der Waals surface area (Å²) in [5, 5.41) is 6.33. The van der Waals surface area contributed by atoms with Gasteiger partial charge in [0.25, 0.3) is 5.91 Å². The number of amides is 4. The molecule has 4 rings (SSSR count). The van der Waals surface area contributed by atoms with E-state index in [4.69, 9.17) is 4.42 Å². The van der Waals surface area contributed by atoms with Crippen LogP contribution in [0.25, 0.3) is 11.0 Å². The Hall–Kier alpha value is -3.95. The molecule has 2 atom stereocenters. The van der Waals surface area contributed by atoms with Crippen LogP contribution in [-0.2, 0) is 16.0 Å². The number of benzene rings is 2. The second-order valence-electron chi connectivity index (χ2n) is 8.65. The molecule has 0 radical (unpaired) electrons. The maximum absolute atomic E-state index is 13.0. The van der Waals surface area contributed by atoms with E-state index in [2.05, 4.69) is 15.4 Å². The number of fused-ring (bicyclic) bond motifs is 1. The van der Waals surface area contributed by atoms with Gasteiger partial charge in [-0.1, -0.05) is 30.3 Å². The number of hydrogen-bond acceptors (Lipinski definition) is 5. The van der Waals surface area contributed by atoms with Gasteiger partial charge in [-0.2, -0.15) is 8.78 Å². The van der Waals surface area contributed by atoms with Crippen LogP contribution in [0.15, 0.2) is 59.0 Å². The molecule has 1 saturated heterocycles. The van der Waals surface area contributed by atoms with Gasteiger partial charge in [-0.15, -0.1) is 0 Å². The fourth-order valence-corrected chi connectivity index (χ4v) is 4.01. The SMILES string of the molecule is C[C@@H](NC(=O)CN1C(=O)N[C@](C)(CCc2ccc(OC(F)F)cc2)C1=O)c1cc2ccccc2o1. The van der Waals surface area contributed by atoms with Crippen molar-refractivity contribution in [2.24, 2.45) is 0 Å². The highest BCUT2D eigenvalue weighted by Gasteiger charge is 2.47. The molecule has 8 nitrogen and oxygen atoms in total. The molecule has 184 valence electrons. The van der Waals surface area contributed by atoms with Gasteiger partial charge >= 0.3 is 12.6 Å². The maximum atomic E-state index is 13.0. The lowest BCUT2D eigenvalue weighted by Gasteiger charge is -2.22. The molecule has 4 amide bonds. The first kappa shape index (κ1) is 24.2. The van der Waals surface area contributed by atoms with Gasteiger partial charge in [0.1, 0.15) is 29.2 Å². The first-order chi connectivity index (χ1) is 16.6. The molecule has 0 bridgehead atoms. The van der Waals surface area contributed by atoms with Crippen molar-refractivity contribution >= 4 is 28.8 Å². The lowest BCUT2D eigenvalue weighted by molar-refractivity contribution is -0.135. The van der Waals surface area contributed by atoms with Crippen molar-refractivity contribution in [3.05, 3.63) is 65.9 Å². The van der Waals surface area contributed by atoms with E-state index in [0.29, 0.717) is 17.8 Å². The number of carbonyl (C=O) groups excluding carboxylic acids is 3. The van der Waals surface area contributed by atoms with E-state index < -0.39 is 42.6 Å². The Morgan fingerprint density at radius 3 is 2.57 bits per heavy atom. The number of rotatable bonds is 9. The number of imide groups is 1. The molecular weight excluding hydrogens is 460 g/mol. The second-order valence-corrected chi connectivity index (χ2v) is 8.65. The van der Waals surface area contributed by atoms with Crippen molar-refractivity contribution in [3.63, 3.8) is 0 Å². The lowest BCUT2D eigenvalue weighted by atomic mass is 9.93. The van der Waals surface area contributed by atoms with Gasteiger partial charge in [0.05, 0.1) is 6.04 Å². The van der Waals surface area contributed by atoms with Gasteiger partial charge in [-0.3, -0.25) is 14.5 Å². The number of halogens is 2. The molecule has 2 heterocycles. The van der Waals surface area contributed by atoms with Crippen molar-refractivity contribution in [2.45, 2.75) is 44.9 Å². The predicted molar refractivity (Wildman–Crippen MR) is 123 cm³/mol. The molecule has 1 fully saturated rings. The van der Waals surface area contributed by atoms with Gasteiger partial charge in [0.15, 0.2) is 0 Å². The highest BCUT2D eigenvalue weighted by atomic mass is 19.3. The van der Waals surface area contributed by atoms with Gasteiger partial charge in [-0.25, -0.2) is 4.79 Å². The highest BCUT2D eigenvalue weighted by Crippen LogP contribution is 2.26. The Balaban J connectivity index is 1.33. The molecule has 10 heteroatoms. The molecule has 0 aliphatic carbocycles. The van der Waals surface area contributed by atoms with E-state index in [9.17, 15) is 23.2 Å². The molecule has 35 heavy (non-hydrogen) atoms. The van der Waals surface area contributed by atoms with Crippen molar-refractivity contribution in [2.75, 3.05) is 6.54 Å². The third-order valence-corrected chi connectivity index (χ3v) is 5.96. The molecule has 0 unspecified atom stereocenters. The number of hydrogen-bond donors (Lipinski definition) is 2. The van der Waals surface area contributed by atoms with E-state index in [-0.39, 0.29) is 12.2 Å². The quantitative estimate of drug-likeness (QED) is 0.444. The average molecular weight is 485 g/mol. The molecule has 1 aromatic heterocycles. The zero-order valence-electron chi connectivity index (χ0n) is 19.2. The van der Waals surface area contributed by atoms with Gasteiger partial charge < -0.3 is 19.8 Å². The number of alkyl halides is 2. The largest absolute Gasteiger partial charge is 0.459 e. The minimum Gasteiger partial charge on any atom is -0.459 e. The number of aryl methyl sites for hydroxylation is 1. The van der Waals surface area contributed by atoms with E-state index in [0.717, 1.165) is 15.8 Å². The number of furan rings is 1. The number of para-hydroxylation sites is 1. The molecule has 3 aromatic rings. The summed E-state index contributed by atoms with van der Waals surface area (Å²) in [4.78, 5) is 38.9. The number of nitrogens with zero attached hydrogens (tertiary/aromatic N) is 1. The molecule has 1 aliphatic rings. The van der Waals surface area contributed by atoms with Crippen molar-refractivity contribution in [1.82, 2.24) is 15.5 Å². The molecular formula is C25H25F2N3O5. The first-order valence-corrected chi connectivity index (χ1v) is 11.1. The van der Waals surface area contributed by atoms with Gasteiger partial charge in [0, 0.05) is 5.39 Å². The summed E-state index contributed by atoms with van der Waals surface area (Å²) in [6.45, 7) is 0.0143. The maximum Gasteiger partial charge on any atom is 0.387 e. The van der Waals surface area contributed by atoms with Crippen LogP contribution >= 0.6 is 0 Å². The third-order valence-electron chi connectivity index (χ3n) is 5.96. The van der Waals surface area contributed by atoms with Crippen LogP contribution in [0.3, 0.4) is 0 Å². The van der Waals surface area contributed by atoms with Crippen molar-refractivity contribution < 1.29 is 32.3 Å². The summed E-state index contributed by atoms with van der Waals surface area (Å²) in [7, 11) is 0. The standard InChI is InChI=1S/C25H25F2N3O5/c1-15(20-13-17-5-3-4-6-19(17)35-20)28-21(31)14-30-22(32)25(2,29-24(30)33)12-11-16-7-9-18(10-8-16)34-23(26)27/h3-10,13,15,23H,11-12,14H2,1-2H3,(H,28,31)(H,29,33)/t15-,25-/m1/s1. The summed E-state index contributed by atoms with van der Waals surface area (Å²) in [5.41, 5.74) is 0.287. The van der Waals surface area contributed by atoms with Crippen LogP contribution in [0, 0.1) is 0 Å². The average Bonchev–Trinajstić information content (AvgIpc) is 3.33. The molecule has 2 N–H and O–H groups in total. The summed E-state index contributed by atoms with van der Waals surface area (Å²) >= 11 is 0. The fourth-order valence-electron chi connectivity index (χ4n) is 4.01. The number of ether oxygens (including phenoxy) is 1. The molecule has 0 spiro atoms. The summed E-state index contributed by atoms with van der Waals surface area (Å²) in [5.74, 6) is -0.409. The van der Waals surface area contributed by atoms with E-state index in [1.54, 1.807) is 26.0 Å². The summed E-state index contributed by atoms with van der Waals surface area (Å²) in [6.07, 6.45) is 0.667. The number of carbonyl (C=O) groups is 3. The van der Waals surface area contributed by atoms with Crippen molar-refractivity contribution in [3.8, 4) is 5.75 Å². The summed E-state index contributed by atoms with van der Waals surface area (Å²) < 4.78 is 34.7. The minimum atomic E-state index is -2.91. The molecule has 2 aromatic carbocycles. The Bertz CT molecular complexity index is 1210. The van der Waals surface area contributed by atoms with Gasteiger partial charge in [-0.05, 0) is 56.5 Å². The Morgan fingerprint density at radius 1 is 1.17 bits per heavy atom. The van der Waals surface area contributed by atoms with Crippen LogP contribution in [0.1, 0.15) is 37.6 Å². The predicted octanol–water partition coefficient (Wildman–Crippen LogP) is 4.15. The van der Waals surface area contributed by atoms with Crippen LogP contribution in [0.4, 0.5) is 13.6 Å². The smallest absolute Gasteiger partial charge is 0.387 e. The molecule has 0 saturated carbocycles. The monoisotopic (exact) mass is 485 g/mol. The van der Waals surface area contributed by atoms with Crippen LogP contribution in [-0.4, -0.2) is 41.4 Å². The van der Waals surface area contributed by atoms with Crippen molar-refractivity contribution in [1.29, 1.82) is 0 Å². The number of urea groups is 1. The lowest BCUT2D eigenvalue weighted by Crippen LogP contribution is -2.45. The number of nitrogens with one attached hydrogen (secondary N) is 2. The van der Waals surface area contributed by atoms with E-state index in [1.807, 2.05) is 30.3 Å². The highest BCUT2D eigenvalue weighted by molar-refractivity contribution is 6.08. The van der Waals surface area contributed by atoms with Crippen LogP contribution < -0.4 is 15.4 Å². The Morgan fingerprint density at radius 2 is 1.89 bits per heavy atom. The zero-order valence-corrected chi connectivity index (χ0v) is 19.2. The van der Waals surface area contributed by atoms with Gasteiger partial charge in [0.2, 0.25) is 5.91 Å². The minimum absolute atomic E-state index is 0.0364. The normalized spacial score (nSPS) is 18.7. The topological polar surface area (TPSA) is 101 Å².